The fourth-order valence-electron chi connectivity index (χ4n) is 7.26. The highest BCUT2D eigenvalue weighted by atomic mass is 16.4. The molecule has 0 spiro atoms. The molecule has 1 heterocycles. The minimum Gasteiger partial charge on any atom is -0.508 e. The maximum atomic E-state index is 14.3. The molecule has 9 atom stereocenters. The molecule has 0 aliphatic carbocycles. The number of hydrogen-bond donors (Lipinski definition) is 15. The standard InChI is InChI=1S/C48H71N13O12/c1-6-26(4)39(47(72)73)61-45(70)36(20-29-11-15-32(64)16-12-29)58-44(69)37(21-30-22-52-24-54-30)59-42(67)34(8-7-17-53-48(50)51)56-43(68)35(18-25(2)3)57-40(65)27(5)55-46(71)38(23-62)60-41(66)33(49)19-28-9-13-31(63)14-10-28/h9-16,22,24-27,33-39,62-64H,6-8,17-21,23,49H2,1-5H3,(H,52,54)(H,55,71)(H,56,68)(H,57,65)(H,58,69)(H,59,67)(H,60,66)(H,61,70)(H,72,73)(H4,50,51,53)/t26-,27-,33-,34-,35-,36-,37-,38-,39-/m0/s1. The number of aliphatic carboxylic acids is 1. The van der Waals surface area contributed by atoms with Gasteiger partial charge >= 0.3 is 5.97 Å². The van der Waals surface area contributed by atoms with E-state index >= 15 is 0 Å². The first-order chi connectivity index (χ1) is 34.5. The molecule has 2 aromatic carbocycles. The van der Waals surface area contributed by atoms with Gasteiger partial charge in [-0.1, -0.05) is 58.4 Å². The lowest BCUT2D eigenvalue weighted by Gasteiger charge is -2.28. The van der Waals surface area contributed by atoms with Crippen molar-refractivity contribution in [3.63, 3.8) is 0 Å². The number of carbonyl (C=O) groups is 8. The molecule has 18 N–H and O–H groups in total. The molecule has 7 amide bonds. The lowest BCUT2D eigenvalue weighted by atomic mass is 9.98. The van der Waals surface area contributed by atoms with Gasteiger partial charge in [0.15, 0.2) is 5.96 Å². The van der Waals surface area contributed by atoms with Crippen molar-refractivity contribution < 1.29 is 58.8 Å². The Hall–Kier alpha value is -7.80. The Morgan fingerprint density at radius 1 is 0.644 bits per heavy atom. The second kappa shape index (κ2) is 29.5. The van der Waals surface area contributed by atoms with Crippen molar-refractivity contribution in [1.29, 1.82) is 0 Å². The van der Waals surface area contributed by atoms with E-state index in [2.05, 4.69) is 52.2 Å². The van der Waals surface area contributed by atoms with Crippen LogP contribution in [0.5, 0.6) is 11.5 Å². The average molecular weight is 1020 g/mol. The minimum absolute atomic E-state index is 0.0170. The van der Waals surface area contributed by atoms with Gasteiger partial charge in [0, 0.05) is 31.3 Å². The molecule has 0 bridgehead atoms. The number of nitrogens with two attached hydrogens (primary N) is 3. The molecule has 0 aliphatic rings. The lowest BCUT2D eigenvalue weighted by Crippen LogP contribution is -2.60. The van der Waals surface area contributed by atoms with E-state index in [9.17, 15) is 58.8 Å². The van der Waals surface area contributed by atoms with E-state index in [4.69, 9.17) is 17.2 Å². The van der Waals surface area contributed by atoms with Gasteiger partial charge in [0.1, 0.15) is 53.8 Å². The fraction of sp³-hybridized carbons (Fsp3) is 0.500. The van der Waals surface area contributed by atoms with Crippen LogP contribution in [-0.4, -0.2) is 145 Å². The zero-order chi connectivity index (χ0) is 54.4. The fourth-order valence-corrected chi connectivity index (χ4v) is 7.26. The Labute approximate surface area is 422 Å². The van der Waals surface area contributed by atoms with E-state index in [1.165, 1.54) is 55.8 Å². The summed E-state index contributed by atoms with van der Waals surface area (Å²) in [5, 5.41) is 57.2. The van der Waals surface area contributed by atoms with E-state index < -0.39 is 108 Å². The summed E-state index contributed by atoms with van der Waals surface area (Å²) in [6.07, 6.45) is 2.95. The summed E-state index contributed by atoms with van der Waals surface area (Å²) in [5.41, 5.74) is 18.6. The number of aliphatic hydroxyl groups is 1. The number of guanidine groups is 1. The van der Waals surface area contributed by atoms with Crippen LogP contribution in [0.25, 0.3) is 0 Å². The first-order valence-corrected chi connectivity index (χ1v) is 23.8. The van der Waals surface area contributed by atoms with E-state index in [-0.39, 0.29) is 68.4 Å². The number of carbonyl (C=O) groups excluding carboxylic acids is 7. The minimum atomic E-state index is -1.51. The van der Waals surface area contributed by atoms with Crippen molar-refractivity contribution >= 4 is 53.3 Å². The molecular formula is C48H71N13O12. The number of hydrogen-bond acceptors (Lipinski definition) is 14. The number of imidazole rings is 1. The van der Waals surface area contributed by atoms with Crippen LogP contribution in [0.3, 0.4) is 0 Å². The first-order valence-electron chi connectivity index (χ1n) is 23.8. The number of aromatic hydroxyl groups is 2. The molecule has 73 heavy (non-hydrogen) atoms. The first kappa shape index (κ1) is 59.5. The Morgan fingerprint density at radius 3 is 1.66 bits per heavy atom. The third kappa shape index (κ3) is 20.5. The number of nitrogens with zero attached hydrogens (tertiary/aromatic N) is 2. The summed E-state index contributed by atoms with van der Waals surface area (Å²) in [6.45, 7) is 7.45. The molecule has 25 nitrogen and oxygen atoms in total. The molecule has 3 aromatic rings. The Balaban J connectivity index is 1.85. The highest BCUT2D eigenvalue weighted by Gasteiger charge is 2.35. The van der Waals surface area contributed by atoms with Crippen LogP contribution >= 0.6 is 0 Å². The van der Waals surface area contributed by atoms with Crippen LogP contribution in [0.2, 0.25) is 0 Å². The number of rotatable bonds is 30. The van der Waals surface area contributed by atoms with Gasteiger partial charge in [-0.15, -0.1) is 0 Å². The van der Waals surface area contributed by atoms with Crippen LogP contribution in [0, 0.1) is 11.8 Å². The highest BCUT2D eigenvalue weighted by molar-refractivity contribution is 5.97. The van der Waals surface area contributed by atoms with Gasteiger partial charge < -0.3 is 79.8 Å². The largest absolute Gasteiger partial charge is 0.508 e. The molecule has 3 rings (SSSR count). The van der Waals surface area contributed by atoms with Crippen LogP contribution < -0.4 is 54.4 Å². The number of H-pyrrole nitrogens is 1. The summed E-state index contributed by atoms with van der Waals surface area (Å²) < 4.78 is 0. The number of carboxylic acids is 1. The number of aromatic amines is 1. The van der Waals surface area contributed by atoms with Crippen LogP contribution in [0.15, 0.2) is 66.0 Å². The molecule has 0 saturated carbocycles. The quantitative estimate of drug-likeness (QED) is 0.0192. The van der Waals surface area contributed by atoms with Crippen molar-refractivity contribution in [2.45, 2.75) is 128 Å². The van der Waals surface area contributed by atoms with E-state index in [0.29, 0.717) is 23.2 Å². The number of carboxylic acid groups (broad SMARTS) is 1. The number of aromatic nitrogens is 2. The van der Waals surface area contributed by atoms with E-state index in [1.807, 2.05) is 0 Å². The number of phenols is 2. The zero-order valence-corrected chi connectivity index (χ0v) is 41.6. The second-order valence-corrected chi connectivity index (χ2v) is 18.1. The summed E-state index contributed by atoms with van der Waals surface area (Å²) in [4.78, 5) is 119. The van der Waals surface area contributed by atoms with Crippen LogP contribution in [-0.2, 0) is 57.6 Å². The molecule has 0 fully saturated rings. The number of nitrogens with one attached hydrogen (secondary N) is 8. The summed E-state index contributed by atoms with van der Waals surface area (Å²) in [7, 11) is 0. The summed E-state index contributed by atoms with van der Waals surface area (Å²) in [5.74, 6) is -8.19. The topological polar surface area (TPSA) is 421 Å². The third-order valence-corrected chi connectivity index (χ3v) is 11.6. The van der Waals surface area contributed by atoms with Crippen molar-refractivity contribution in [2.24, 2.45) is 34.0 Å². The molecular weight excluding hydrogens is 951 g/mol. The molecule has 400 valence electrons. The predicted octanol–water partition coefficient (Wildman–Crippen LogP) is -2.19. The smallest absolute Gasteiger partial charge is 0.326 e. The Kier molecular flexibility index (Phi) is 24.1. The molecule has 0 radical (unpaired) electrons. The Bertz CT molecular complexity index is 2330. The summed E-state index contributed by atoms with van der Waals surface area (Å²) >= 11 is 0. The molecule has 25 heteroatoms. The predicted molar refractivity (Wildman–Crippen MR) is 267 cm³/mol. The number of benzene rings is 2. The third-order valence-electron chi connectivity index (χ3n) is 11.6. The van der Waals surface area contributed by atoms with Crippen LogP contribution in [0.4, 0.5) is 0 Å². The molecule has 0 aliphatic heterocycles. The van der Waals surface area contributed by atoms with Gasteiger partial charge in [-0.3, -0.25) is 38.6 Å². The number of phenolic OH excluding ortho intramolecular Hbond substituents is 2. The van der Waals surface area contributed by atoms with E-state index in [1.54, 1.807) is 39.8 Å². The van der Waals surface area contributed by atoms with Crippen molar-refractivity contribution in [3.05, 3.63) is 77.9 Å². The number of aliphatic imine (C=N–C) groups is 1. The number of aliphatic hydroxyl groups excluding tert-OH is 1. The van der Waals surface area contributed by atoms with E-state index in [0.717, 1.165) is 0 Å². The highest BCUT2D eigenvalue weighted by Crippen LogP contribution is 2.15. The molecule has 1 aromatic heterocycles. The maximum Gasteiger partial charge on any atom is 0.326 e. The maximum absolute atomic E-state index is 14.3. The van der Waals surface area contributed by atoms with Crippen LogP contribution in [0.1, 0.15) is 77.1 Å². The van der Waals surface area contributed by atoms with Gasteiger partial charge in [-0.25, -0.2) is 9.78 Å². The normalized spacial score (nSPS) is 14.8. The Morgan fingerprint density at radius 2 is 1.14 bits per heavy atom. The van der Waals surface area contributed by atoms with Gasteiger partial charge in [-0.05, 0) is 79.8 Å². The SMILES string of the molecule is CC[C@H](C)[C@H](NC(=O)[C@H](Cc1ccc(O)cc1)NC(=O)[C@H](Cc1cnc[nH]1)NC(=O)[C@H](CCCN=C(N)N)NC(=O)[C@H](CC(C)C)NC(=O)[C@H](C)NC(=O)[C@H](CO)NC(=O)[C@@H](N)Cc1ccc(O)cc1)C(=O)O. The average Bonchev–Trinajstić information content (AvgIpc) is 3.86. The van der Waals surface area contributed by atoms with Gasteiger partial charge in [0.25, 0.3) is 0 Å². The van der Waals surface area contributed by atoms with Crippen molar-refractivity contribution in [2.75, 3.05) is 13.2 Å². The zero-order valence-electron chi connectivity index (χ0n) is 41.6. The molecule has 0 saturated heterocycles. The van der Waals surface area contributed by atoms with Crippen molar-refractivity contribution in [3.8, 4) is 11.5 Å². The molecule has 0 unspecified atom stereocenters. The van der Waals surface area contributed by atoms with Gasteiger partial charge in [0.2, 0.25) is 41.4 Å². The number of amides is 7. The summed E-state index contributed by atoms with van der Waals surface area (Å²) in [6, 6.07) is 0.976. The van der Waals surface area contributed by atoms with Crippen molar-refractivity contribution in [1.82, 2.24) is 47.2 Å². The van der Waals surface area contributed by atoms with Gasteiger partial charge in [0.05, 0.1) is 19.0 Å². The lowest BCUT2D eigenvalue weighted by molar-refractivity contribution is -0.143. The monoisotopic (exact) mass is 1020 g/mol. The second-order valence-electron chi connectivity index (χ2n) is 18.1. The van der Waals surface area contributed by atoms with Gasteiger partial charge in [-0.2, -0.15) is 0 Å².